The second-order valence-corrected chi connectivity index (χ2v) is 5.45. The molecule has 0 saturated heterocycles. The zero-order valence-corrected chi connectivity index (χ0v) is 14.0. The van der Waals surface area contributed by atoms with Gasteiger partial charge in [-0.1, -0.05) is 12.1 Å². The lowest BCUT2D eigenvalue weighted by Crippen LogP contribution is -2.49. The summed E-state index contributed by atoms with van der Waals surface area (Å²) in [6.45, 7) is -0.213. The van der Waals surface area contributed by atoms with Crippen LogP contribution in [0.15, 0.2) is 58.1 Å². The molecule has 3 rings (SSSR count). The van der Waals surface area contributed by atoms with Gasteiger partial charge in [-0.25, -0.2) is 0 Å². The highest BCUT2D eigenvalue weighted by molar-refractivity contribution is 6.35. The second kappa shape index (κ2) is 7.95. The van der Waals surface area contributed by atoms with Crippen LogP contribution >= 0.6 is 0 Å². The molecule has 0 radical (unpaired) electrons. The zero-order chi connectivity index (χ0) is 19.2. The van der Waals surface area contributed by atoms with E-state index in [9.17, 15) is 19.2 Å². The summed E-state index contributed by atoms with van der Waals surface area (Å²) < 4.78 is 6.34. The molecule has 3 amide bonds. The van der Waals surface area contributed by atoms with Crippen molar-refractivity contribution in [3.05, 3.63) is 64.8 Å². The van der Waals surface area contributed by atoms with Gasteiger partial charge in [-0.05, 0) is 24.3 Å². The first-order chi connectivity index (χ1) is 13.0. The van der Waals surface area contributed by atoms with Crippen molar-refractivity contribution in [3.63, 3.8) is 0 Å². The average Bonchev–Trinajstić information content (AvgIpc) is 3.20. The van der Waals surface area contributed by atoms with E-state index >= 15 is 0 Å². The Morgan fingerprint density at radius 1 is 1.04 bits per heavy atom. The molecule has 10 heteroatoms. The first-order valence-corrected chi connectivity index (χ1v) is 7.89. The summed E-state index contributed by atoms with van der Waals surface area (Å²) in [5.41, 5.74) is 4.34. The van der Waals surface area contributed by atoms with Crippen LogP contribution in [0.2, 0.25) is 0 Å². The summed E-state index contributed by atoms with van der Waals surface area (Å²) in [6.07, 6.45) is 2.55. The molecule has 2 heterocycles. The maximum atomic E-state index is 12.0. The van der Waals surface area contributed by atoms with Crippen LogP contribution < -0.4 is 21.6 Å². The molecule has 0 aliphatic heterocycles. The number of amides is 3. The third kappa shape index (κ3) is 4.37. The number of hydrogen-bond donors (Lipinski definition) is 3. The Morgan fingerprint density at radius 3 is 2.63 bits per heavy atom. The van der Waals surface area contributed by atoms with E-state index in [0.29, 0.717) is 16.7 Å². The Balaban J connectivity index is 1.54. The van der Waals surface area contributed by atoms with E-state index in [1.165, 1.54) is 10.9 Å². The molecule has 1 aromatic carbocycles. The number of rotatable bonds is 4. The minimum absolute atomic E-state index is 0.0422. The molecule has 0 spiro atoms. The molecule has 27 heavy (non-hydrogen) atoms. The molecule has 0 fully saturated rings. The number of hydrazine groups is 1. The fourth-order valence-corrected chi connectivity index (χ4v) is 2.31. The van der Waals surface area contributed by atoms with Crippen LogP contribution in [0.25, 0.3) is 10.9 Å². The molecule has 3 aromatic rings. The van der Waals surface area contributed by atoms with Crippen LogP contribution in [0.4, 0.5) is 0 Å². The lowest BCUT2D eigenvalue weighted by atomic mass is 10.2. The minimum Gasteiger partial charge on any atom is -0.467 e. The van der Waals surface area contributed by atoms with Crippen molar-refractivity contribution in [2.75, 3.05) is 0 Å². The molecule has 2 aromatic heterocycles. The molecule has 0 aliphatic carbocycles. The van der Waals surface area contributed by atoms with Crippen LogP contribution in [0.1, 0.15) is 5.76 Å². The van der Waals surface area contributed by atoms with Crippen molar-refractivity contribution in [1.29, 1.82) is 0 Å². The summed E-state index contributed by atoms with van der Waals surface area (Å²) in [7, 11) is 0. The highest BCUT2D eigenvalue weighted by atomic mass is 16.3. The third-order valence-electron chi connectivity index (χ3n) is 3.58. The van der Waals surface area contributed by atoms with Crippen molar-refractivity contribution >= 4 is 28.6 Å². The second-order valence-electron chi connectivity index (χ2n) is 5.45. The van der Waals surface area contributed by atoms with E-state index in [1.54, 1.807) is 36.4 Å². The molecule has 10 nitrogen and oxygen atoms in total. The maximum absolute atomic E-state index is 12.0. The highest BCUT2D eigenvalue weighted by Gasteiger charge is 2.15. The van der Waals surface area contributed by atoms with Gasteiger partial charge in [0.1, 0.15) is 12.3 Å². The monoisotopic (exact) mass is 369 g/mol. The van der Waals surface area contributed by atoms with Crippen molar-refractivity contribution in [2.24, 2.45) is 0 Å². The number of para-hydroxylation sites is 1. The summed E-state index contributed by atoms with van der Waals surface area (Å²) in [4.78, 5) is 47.1. The van der Waals surface area contributed by atoms with Crippen molar-refractivity contribution in [1.82, 2.24) is 25.9 Å². The zero-order valence-electron chi connectivity index (χ0n) is 14.0. The predicted molar refractivity (Wildman–Crippen MR) is 92.8 cm³/mol. The highest BCUT2D eigenvalue weighted by Crippen LogP contribution is 2.07. The van der Waals surface area contributed by atoms with E-state index < -0.39 is 17.7 Å². The first-order valence-electron chi connectivity index (χ1n) is 7.89. The third-order valence-corrected chi connectivity index (χ3v) is 3.58. The summed E-state index contributed by atoms with van der Waals surface area (Å²) in [5, 5.41) is 6.67. The topological polar surface area (TPSA) is 135 Å². The number of fused-ring (bicyclic) bond motifs is 1. The van der Waals surface area contributed by atoms with Crippen molar-refractivity contribution < 1.29 is 18.8 Å². The minimum atomic E-state index is -1.03. The van der Waals surface area contributed by atoms with Crippen LogP contribution in [-0.4, -0.2) is 27.5 Å². The predicted octanol–water partition coefficient (Wildman–Crippen LogP) is -0.547. The largest absolute Gasteiger partial charge is 0.467 e. The fourth-order valence-electron chi connectivity index (χ4n) is 2.31. The van der Waals surface area contributed by atoms with Gasteiger partial charge in [0.05, 0.1) is 24.5 Å². The van der Waals surface area contributed by atoms with Gasteiger partial charge in [-0.3, -0.25) is 34.7 Å². The van der Waals surface area contributed by atoms with Gasteiger partial charge in [-0.15, -0.1) is 0 Å². The molecule has 0 bridgehead atoms. The van der Waals surface area contributed by atoms with Crippen molar-refractivity contribution in [3.8, 4) is 0 Å². The molecule has 0 atom stereocenters. The molecule has 138 valence electrons. The molecule has 0 aliphatic rings. The fraction of sp³-hybridized carbons (Fsp3) is 0.118. The van der Waals surface area contributed by atoms with E-state index in [0.717, 1.165) is 6.20 Å². The summed E-state index contributed by atoms with van der Waals surface area (Å²) in [5.74, 6) is -2.11. The first kappa shape index (κ1) is 17.9. The van der Waals surface area contributed by atoms with Gasteiger partial charge in [0.15, 0.2) is 0 Å². The summed E-state index contributed by atoms with van der Waals surface area (Å²) >= 11 is 0. The van der Waals surface area contributed by atoms with Gasteiger partial charge in [0.25, 0.3) is 5.91 Å². The van der Waals surface area contributed by atoms with Gasteiger partial charge < -0.3 is 9.73 Å². The number of furan rings is 1. The van der Waals surface area contributed by atoms with Crippen LogP contribution in [0, 0.1) is 0 Å². The van der Waals surface area contributed by atoms with Gasteiger partial charge in [0, 0.05) is 5.39 Å². The number of carbonyl (C=O) groups is 3. The quantitative estimate of drug-likeness (QED) is 0.417. The Bertz CT molecular complexity index is 1040. The van der Waals surface area contributed by atoms with Crippen LogP contribution in [-0.2, 0) is 27.5 Å². The Labute approximate surface area is 152 Å². The number of nitrogens with zero attached hydrogens (tertiary/aromatic N) is 2. The van der Waals surface area contributed by atoms with E-state index in [-0.39, 0.29) is 18.5 Å². The maximum Gasteiger partial charge on any atom is 0.327 e. The Morgan fingerprint density at radius 2 is 1.85 bits per heavy atom. The van der Waals surface area contributed by atoms with Crippen molar-refractivity contribution in [2.45, 2.75) is 13.1 Å². The molecular weight excluding hydrogens is 354 g/mol. The number of nitrogens with one attached hydrogen (secondary N) is 3. The van der Waals surface area contributed by atoms with Gasteiger partial charge in [-0.2, -0.15) is 5.10 Å². The molecule has 3 N–H and O–H groups in total. The SMILES string of the molecule is O=C(Cn1ncc(=O)c2ccccc21)NNC(=O)C(=O)NCc1ccco1. The van der Waals surface area contributed by atoms with Gasteiger partial charge >= 0.3 is 11.8 Å². The number of benzene rings is 1. The number of carbonyl (C=O) groups excluding carboxylic acids is 3. The number of hydrogen-bond acceptors (Lipinski definition) is 6. The van der Waals surface area contributed by atoms with Gasteiger partial charge in [0.2, 0.25) is 5.43 Å². The van der Waals surface area contributed by atoms with Crippen LogP contribution in [0.5, 0.6) is 0 Å². The Hall–Kier alpha value is -3.95. The Kier molecular flexibility index (Phi) is 5.26. The lowest BCUT2D eigenvalue weighted by molar-refractivity contribution is -0.141. The van der Waals surface area contributed by atoms with E-state index in [2.05, 4.69) is 15.8 Å². The molecule has 0 saturated carbocycles. The van der Waals surface area contributed by atoms with Crippen LogP contribution in [0.3, 0.4) is 0 Å². The van der Waals surface area contributed by atoms with E-state index in [1.807, 2.05) is 5.43 Å². The summed E-state index contributed by atoms with van der Waals surface area (Å²) in [6, 6.07) is 9.98. The van der Waals surface area contributed by atoms with E-state index in [4.69, 9.17) is 4.42 Å². The lowest BCUT2D eigenvalue weighted by Gasteiger charge is -2.10. The normalized spacial score (nSPS) is 10.4. The standard InChI is InChI=1S/C17H15N5O5/c23-14-9-19-22(13-6-2-1-5-12(13)14)10-15(24)20-21-17(26)16(25)18-8-11-4-3-7-27-11/h1-7,9H,8,10H2,(H,18,25)(H,20,24)(H,21,26). The smallest absolute Gasteiger partial charge is 0.327 e. The molecular formula is C17H15N5O5. The molecule has 0 unspecified atom stereocenters. The average molecular weight is 369 g/mol. The number of aromatic nitrogens is 2.